The van der Waals surface area contributed by atoms with Crippen molar-refractivity contribution in [3.63, 3.8) is 0 Å². The van der Waals surface area contributed by atoms with Crippen LogP contribution in [0.15, 0.2) is 54.6 Å². The minimum absolute atomic E-state index is 0.0587. The van der Waals surface area contributed by atoms with E-state index >= 15 is 0 Å². The number of thiophene rings is 1. The van der Waals surface area contributed by atoms with E-state index in [0.717, 1.165) is 15.3 Å². The summed E-state index contributed by atoms with van der Waals surface area (Å²) in [4.78, 5) is 13.3. The van der Waals surface area contributed by atoms with E-state index in [0.29, 0.717) is 0 Å². The lowest BCUT2D eigenvalue weighted by Gasteiger charge is -1.99. The molecule has 1 heterocycles. The molecule has 0 radical (unpaired) electrons. The van der Waals surface area contributed by atoms with E-state index in [4.69, 9.17) is 10.00 Å². The van der Waals surface area contributed by atoms with Crippen LogP contribution in [0, 0.1) is 17.1 Å². The Labute approximate surface area is 131 Å². The zero-order chi connectivity index (χ0) is 15.9. The van der Waals surface area contributed by atoms with Gasteiger partial charge in [-0.1, -0.05) is 24.8 Å². The average molecular weight is 313 g/mol. The quantitative estimate of drug-likeness (QED) is 0.360. The highest BCUT2D eigenvalue weighted by Gasteiger charge is 2.11. The van der Waals surface area contributed by atoms with E-state index < -0.39 is 5.97 Å². The summed E-state index contributed by atoms with van der Waals surface area (Å²) in [6, 6.07) is 11.6. The number of hydrogen-bond acceptors (Lipinski definition) is 4. The number of esters is 1. The second-order valence-corrected chi connectivity index (χ2v) is 5.38. The van der Waals surface area contributed by atoms with Crippen molar-refractivity contribution in [1.82, 2.24) is 0 Å². The van der Waals surface area contributed by atoms with E-state index in [-0.39, 0.29) is 18.0 Å². The van der Waals surface area contributed by atoms with Crippen molar-refractivity contribution in [1.29, 1.82) is 5.26 Å². The van der Waals surface area contributed by atoms with Gasteiger partial charge in [0.2, 0.25) is 0 Å². The smallest absolute Gasteiger partial charge is 0.349 e. The molecular formula is C17H12FNO2S. The van der Waals surface area contributed by atoms with Crippen LogP contribution in [-0.4, -0.2) is 12.6 Å². The van der Waals surface area contributed by atoms with Crippen LogP contribution in [-0.2, 0) is 9.53 Å². The number of hydrogen-bond donors (Lipinski definition) is 0. The lowest BCUT2D eigenvalue weighted by atomic mass is 10.2. The molecule has 0 N–H and O–H groups in total. The van der Waals surface area contributed by atoms with E-state index in [2.05, 4.69) is 6.58 Å². The molecule has 0 amide bonds. The van der Waals surface area contributed by atoms with Crippen LogP contribution in [0.25, 0.3) is 16.5 Å². The monoisotopic (exact) mass is 313 g/mol. The van der Waals surface area contributed by atoms with Crippen LogP contribution >= 0.6 is 11.3 Å². The molecule has 0 unspecified atom stereocenters. The highest BCUT2D eigenvalue weighted by molar-refractivity contribution is 7.16. The molecule has 0 aliphatic carbocycles. The predicted molar refractivity (Wildman–Crippen MR) is 84.5 cm³/mol. The molecule has 110 valence electrons. The van der Waals surface area contributed by atoms with Crippen LogP contribution in [0.3, 0.4) is 0 Å². The molecule has 2 rings (SSSR count). The van der Waals surface area contributed by atoms with Gasteiger partial charge < -0.3 is 4.74 Å². The molecular weight excluding hydrogens is 301 g/mol. The lowest BCUT2D eigenvalue weighted by Crippen LogP contribution is -2.06. The van der Waals surface area contributed by atoms with Crippen molar-refractivity contribution in [2.75, 3.05) is 6.61 Å². The van der Waals surface area contributed by atoms with Gasteiger partial charge in [-0.05, 0) is 35.9 Å². The van der Waals surface area contributed by atoms with Crippen LogP contribution in [0.5, 0.6) is 0 Å². The molecule has 3 nitrogen and oxygen atoms in total. The predicted octanol–water partition coefficient (Wildman–Crippen LogP) is 4.19. The summed E-state index contributed by atoms with van der Waals surface area (Å²) in [5.41, 5.74) is 0.799. The third-order valence-corrected chi connectivity index (χ3v) is 3.80. The number of ether oxygens (including phenoxy) is 1. The molecule has 2 aromatic rings. The first-order valence-electron chi connectivity index (χ1n) is 6.39. The second-order valence-electron chi connectivity index (χ2n) is 4.27. The first-order chi connectivity index (χ1) is 10.6. The molecule has 5 heteroatoms. The maximum absolute atomic E-state index is 12.9. The summed E-state index contributed by atoms with van der Waals surface area (Å²) in [5.74, 6) is -0.976. The number of nitrogens with zero attached hydrogens (tertiary/aromatic N) is 1. The largest absolute Gasteiger partial charge is 0.457 e. The SMILES string of the molecule is C=CCOC(=O)/C(C#N)=C\c1ccc(-c2ccc(F)cc2)s1. The van der Waals surface area contributed by atoms with Crippen molar-refractivity contribution in [3.8, 4) is 16.5 Å². The van der Waals surface area contributed by atoms with E-state index in [1.165, 1.54) is 35.6 Å². The molecule has 0 spiro atoms. The number of benzene rings is 1. The van der Waals surface area contributed by atoms with Gasteiger partial charge in [-0.25, -0.2) is 9.18 Å². The van der Waals surface area contributed by atoms with Crippen molar-refractivity contribution in [2.45, 2.75) is 0 Å². The van der Waals surface area contributed by atoms with Gasteiger partial charge in [-0.2, -0.15) is 5.26 Å². The minimum atomic E-state index is -0.681. The highest BCUT2D eigenvalue weighted by Crippen LogP contribution is 2.29. The minimum Gasteiger partial charge on any atom is -0.457 e. The molecule has 22 heavy (non-hydrogen) atoms. The normalized spacial score (nSPS) is 10.8. The summed E-state index contributed by atoms with van der Waals surface area (Å²) in [6.07, 6.45) is 2.91. The van der Waals surface area contributed by atoms with Crippen LogP contribution in [0.4, 0.5) is 4.39 Å². The summed E-state index contributed by atoms with van der Waals surface area (Å²) >= 11 is 1.40. The van der Waals surface area contributed by atoms with Gasteiger partial charge in [0.25, 0.3) is 0 Å². The molecule has 0 atom stereocenters. The fourth-order valence-electron chi connectivity index (χ4n) is 1.69. The van der Waals surface area contributed by atoms with E-state index in [1.54, 1.807) is 18.2 Å². The zero-order valence-electron chi connectivity index (χ0n) is 11.6. The number of carbonyl (C=O) groups excluding carboxylic acids is 1. The molecule has 1 aromatic carbocycles. The molecule has 0 saturated heterocycles. The van der Waals surface area contributed by atoms with Crippen LogP contribution in [0.1, 0.15) is 4.88 Å². The Kier molecular flexibility index (Phi) is 5.23. The van der Waals surface area contributed by atoms with Crippen molar-refractivity contribution >= 4 is 23.4 Å². The van der Waals surface area contributed by atoms with Gasteiger partial charge in [-0.15, -0.1) is 11.3 Å². The topological polar surface area (TPSA) is 50.1 Å². The number of rotatable bonds is 5. The zero-order valence-corrected chi connectivity index (χ0v) is 12.4. The summed E-state index contributed by atoms with van der Waals surface area (Å²) in [6.45, 7) is 3.50. The molecule has 0 bridgehead atoms. The van der Waals surface area contributed by atoms with Crippen LogP contribution in [0.2, 0.25) is 0 Å². The number of halogens is 1. The van der Waals surface area contributed by atoms with Gasteiger partial charge in [0.15, 0.2) is 0 Å². The van der Waals surface area contributed by atoms with Crippen molar-refractivity contribution in [3.05, 3.63) is 65.3 Å². The first kappa shape index (κ1) is 15.7. The molecule has 0 aliphatic heterocycles. The van der Waals surface area contributed by atoms with Crippen molar-refractivity contribution in [2.24, 2.45) is 0 Å². The molecule has 0 aliphatic rings. The number of carbonyl (C=O) groups is 1. The van der Waals surface area contributed by atoms with E-state index in [1.807, 2.05) is 12.1 Å². The highest BCUT2D eigenvalue weighted by atomic mass is 32.1. The maximum Gasteiger partial charge on any atom is 0.349 e. The Hall–Kier alpha value is -2.71. The third kappa shape index (κ3) is 3.90. The van der Waals surface area contributed by atoms with Gasteiger partial charge in [0.05, 0.1) is 0 Å². The summed E-state index contributed by atoms with van der Waals surface area (Å²) in [7, 11) is 0. The molecule has 0 fully saturated rings. The average Bonchev–Trinajstić information content (AvgIpc) is 2.99. The van der Waals surface area contributed by atoms with Gasteiger partial charge in [0.1, 0.15) is 24.1 Å². The Balaban J connectivity index is 2.21. The van der Waals surface area contributed by atoms with E-state index in [9.17, 15) is 9.18 Å². The summed E-state index contributed by atoms with van der Waals surface area (Å²) < 4.78 is 17.8. The van der Waals surface area contributed by atoms with Gasteiger partial charge in [-0.3, -0.25) is 0 Å². The Bertz CT molecular complexity index is 754. The van der Waals surface area contributed by atoms with Gasteiger partial charge >= 0.3 is 5.97 Å². The standard InChI is InChI=1S/C17H12FNO2S/c1-2-9-21-17(20)13(11-19)10-15-7-8-16(22-15)12-3-5-14(18)6-4-12/h2-8,10H,1,9H2/b13-10-. The third-order valence-electron chi connectivity index (χ3n) is 2.71. The molecule has 1 aromatic heterocycles. The Morgan fingerprint density at radius 2 is 2.05 bits per heavy atom. The van der Waals surface area contributed by atoms with Crippen molar-refractivity contribution < 1.29 is 13.9 Å². The Morgan fingerprint density at radius 3 is 2.68 bits per heavy atom. The fraction of sp³-hybridized carbons (Fsp3) is 0.0588. The second kappa shape index (κ2) is 7.34. The lowest BCUT2D eigenvalue weighted by molar-refractivity contribution is -0.137. The summed E-state index contributed by atoms with van der Waals surface area (Å²) in [5, 5.41) is 9.03. The van der Waals surface area contributed by atoms with Crippen LogP contribution < -0.4 is 0 Å². The fourth-order valence-corrected chi connectivity index (χ4v) is 2.65. The first-order valence-corrected chi connectivity index (χ1v) is 7.21. The number of nitriles is 1. The maximum atomic E-state index is 12.9. The van der Waals surface area contributed by atoms with Gasteiger partial charge in [0, 0.05) is 9.75 Å². The Morgan fingerprint density at radius 1 is 1.32 bits per heavy atom. The molecule has 0 saturated carbocycles.